The fourth-order valence-corrected chi connectivity index (χ4v) is 2.30. The second-order valence-corrected chi connectivity index (χ2v) is 5.30. The summed E-state index contributed by atoms with van der Waals surface area (Å²) in [5.74, 6) is -1.29. The highest BCUT2D eigenvalue weighted by Crippen LogP contribution is 2.11. The predicted octanol–water partition coefficient (Wildman–Crippen LogP) is 1.61. The molecule has 0 radical (unpaired) electrons. The van der Waals surface area contributed by atoms with E-state index >= 15 is 0 Å². The molecular weight excluding hydrogens is 292 g/mol. The first kappa shape index (κ1) is 16.7. The summed E-state index contributed by atoms with van der Waals surface area (Å²) in [6, 6.07) is 15.8. The average molecular weight is 312 g/mol. The van der Waals surface area contributed by atoms with Crippen molar-refractivity contribution in [1.82, 2.24) is 5.32 Å². The Labute approximate surface area is 135 Å². The maximum absolute atomic E-state index is 12.3. The number of carbonyl (C=O) groups excluding carboxylic acids is 1. The Bertz CT molecular complexity index is 671. The molecule has 120 valence electrons. The van der Waals surface area contributed by atoms with Gasteiger partial charge >= 0.3 is 5.97 Å². The van der Waals surface area contributed by atoms with Gasteiger partial charge in [0.1, 0.15) is 6.04 Å². The second kappa shape index (κ2) is 8.10. The average Bonchev–Trinajstić information content (AvgIpc) is 2.56. The molecule has 0 aliphatic carbocycles. The van der Waals surface area contributed by atoms with Crippen LogP contribution in [0.15, 0.2) is 54.6 Å². The molecule has 0 aliphatic rings. The first-order chi connectivity index (χ1) is 11.1. The van der Waals surface area contributed by atoms with Gasteiger partial charge in [-0.1, -0.05) is 48.5 Å². The van der Waals surface area contributed by atoms with Crippen LogP contribution in [0.25, 0.3) is 0 Å². The molecule has 4 N–H and O–H groups in total. The van der Waals surface area contributed by atoms with E-state index in [0.29, 0.717) is 17.7 Å². The van der Waals surface area contributed by atoms with Gasteiger partial charge in [0.05, 0.1) is 0 Å². The molecule has 0 spiro atoms. The molecule has 5 heteroatoms. The second-order valence-electron chi connectivity index (χ2n) is 5.30. The molecule has 0 saturated heterocycles. The molecule has 2 aromatic rings. The molecule has 0 aliphatic heterocycles. The quantitative estimate of drug-likeness (QED) is 0.724. The Kier molecular flexibility index (Phi) is 5.88. The predicted molar refractivity (Wildman–Crippen MR) is 88.2 cm³/mol. The number of rotatable bonds is 7. The van der Waals surface area contributed by atoms with E-state index in [0.717, 1.165) is 12.0 Å². The molecule has 0 bridgehead atoms. The molecule has 2 aromatic carbocycles. The lowest BCUT2D eigenvalue weighted by Crippen LogP contribution is -2.33. The molecule has 0 unspecified atom stereocenters. The molecular formula is C18H20N2O3. The Morgan fingerprint density at radius 3 is 2.39 bits per heavy atom. The van der Waals surface area contributed by atoms with Crippen molar-refractivity contribution in [2.75, 3.05) is 6.54 Å². The van der Waals surface area contributed by atoms with Crippen LogP contribution < -0.4 is 11.1 Å². The molecule has 23 heavy (non-hydrogen) atoms. The highest BCUT2D eigenvalue weighted by atomic mass is 16.4. The van der Waals surface area contributed by atoms with E-state index in [-0.39, 0.29) is 12.3 Å². The SMILES string of the molecule is N[C@H](Cc1ccccc1C(=O)NCCc1ccccc1)C(=O)O. The third kappa shape index (κ3) is 4.93. The minimum Gasteiger partial charge on any atom is -0.480 e. The molecule has 1 amide bonds. The summed E-state index contributed by atoms with van der Waals surface area (Å²) in [6.07, 6.45) is 0.862. The molecule has 0 fully saturated rings. The summed E-state index contributed by atoms with van der Waals surface area (Å²) in [7, 11) is 0. The van der Waals surface area contributed by atoms with Crippen LogP contribution in [0.5, 0.6) is 0 Å². The van der Waals surface area contributed by atoms with Gasteiger partial charge in [-0.25, -0.2) is 0 Å². The topological polar surface area (TPSA) is 92.4 Å². The Hall–Kier alpha value is -2.66. The number of nitrogens with one attached hydrogen (secondary N) is 1. The minimum atomic E-state index is -1.08. The van der Waals surface area contributed by atoms with Gasteiger partial charge in [-0.2, -0.15) is 0 Å². The highest BCUT2D eigenvalue weighted by molar-refractivity contribution is 5.95. The van der Waals surface area contributed by atoms with Gasteiger partial charge in [0.25, 0.3) is 5.91 Å². The van der Waals surface area contributed by atoms with Crippen molar-refractivity contribution in [1.29, 1.82) is 0 Å². The van der Waals surface area contributed by atoms with Crippen molar-refractivity contribution < 1.29 is 14.7 Å². The van der Waals surface area contributed by atoms with Crippen LogP contribution >= 0.6 is 0 Å². The molecule has 5 nitrogen and oxygen atoms in total. The Morgan fingerprint density at radius 2 is 1.70 bits per heavy atom. The number of amides is 1. The summed E-state index contributed by atoms with van der Waals surface area (Å²) in [4.78, 5) is 23.2. The number of aliphatic carboxylic acids is 1. The number of carbonyl (C=O) groups is 2. The molecule has 2 rings (SSSR count). The van der Waals surface area contributed by atoms with Gasteiger partial charge in [0.2, 0.25) is 0 Å². The van der Waals surface area contributed by atoms with E-state index in [1.165, 1.54) is 0 Å². The molecule has 1 atom stereocenters. The van der Waals surface area contributed by atoms with Gasteiger partial charge in [0.15, 0.2) is 0 Å². The first-order valence-corrected chi connectivity index (χ1v) is 7.46. The van der Waals surface area contributed by atoms with E-state index in [1.54, 1.807) is 24.3 Å². The van der Waals surface area contributed by atoms with E-state index in [1.807, 2.05) is 30.3 Å². The van der Waals surface area contributed by atoms with Crippen LogP contribution in [0.3, 0.4) is 0 Å². The van der Waals surface area contributed by atoms with Crippen LogP contribution in [0.1, 0.15) is 21.5 Å². The van der Waals surface area contributed by atoms with Gasteiger partial charge in [-0.05, 0) is 30.0 Å². The lowest BCUT2D eigenvalue weighted by atomic mass is 10.00. The number of benzene rings is 2. The van der Waals surface area contributed by atoms with Gasteiger partial charge in [-0.15, -0.1) is 0 Å². The van der Waals surface area contributed by atoms with Crippen molar-refractivity contribution in [3.8, 4) is 0 Å². The number of carboxylic acid groups (broad SMARTS) is 1. The van der Waals surface area contributed by atoms with Crippen LogP contribution in [-0.4, -0.2) is 29.6 Å². The summed E-state index contributed by atoms with van der Waals surface area (Å²) < 4.78 is 0. The third-order valence-corrected chi connectivity index (χ3v) is 3.56. The van der Waals surface area contributed by atoms with Crippen molar-refractivity contribution in [2.24, 2.45) is 5.73 Å². The van der Waals surface area contributed by atoms with Crippen LogP contribution in [-0.2, 0) is 17.6 Å². The lowest BCUT2D eigenvalue weighted by molar-refractivity contribution is -0.138. The zero-order valence-corrected chi connectivity index (χ0v) is 12.7. The normalized spacial score (nSPS) is 11.7. The molecule has 0 aromatic heterocycles. The first-order valence-electron chi connectivity index (χ1n) is 7.46. The number of nitrogens with two attached hydrogens (primary N) is 1. The Morgan fingerprint density at radius 1 is 1.04 bits per heavy atom. The summed E-state index contributed by atoms with van der Waals surface area (Å²) in [6.45, 7) is 0.516. The maximum atomic E-state index is 12.3. The van der Waals surface area contributed by atoms with E-state index in [4.69, 9.17) is 10.8 Å². The summed E-state index contributed by atoms with van der Waals surface area (Å²) >= 11 is 0. The third-order valence-electron chi connectivity index (χ3n) is 3.56. The van der Waals surface area contributed by atoms with Crippen molar-refractivity contribution in [3.63, 3.8) is 0 Å². The Balaban J connectivity index is 1.97. The summed E-state index contributed by atoms with van der Waals surface area (Å²) in [5.41, 5.74) is 7.82. The van der Waals surface area contributed by atoms with Crippen molar-refractivity contribution in [2.45, 2.75) is 18.9 Å². The van der Waals surface area contributed by atoms with E-state index < -0.39 is 12.0 Å². The zero-order chi connectivity index (χ0) is 16.7. The van der Waals surface area contributed by atoms with Crippen molar-refractivity contribution >= 4 is 11.9 Å². The van der Waals surface area contributed by atoms with E-state index in [2.05, 4.69) is 5.32 Å². The van der Waals surface area contributed by atoms with Crippen LogP contribution in [0.4, 0.5) is 0 Å². The highest BCUT2D eigenvalue weighted by Gasteiger charge is 2.17. The maximum Gasteiger partial charge on any atom is 0.320 e. The molecule has 0 saturated carbocycles. The number of hydrogen-bond acceptors (Lipinski definition) is 3. The van der Waals surface area contributed by atoms with E-state index in [9.17, 15) is 9.59 Å². The minimum absolute atomic E-state index is 0.123. The lowest BCUT2D eigenvalue weighted by Gasteiger charge is -2.12. The van der Waals surface area contributed by atoms with Gasteiger partial charge < -0.3 is 16.2 Å². The standard InChI is InChI=1S/C18H20N2O3/c19-16(18(22)23)12-14-8-4-5-9-15(14)17(21)20-11-10-13-6-2-1-3-7-13/h1-9,16H,10-12,19H2,(H,20,21)(H,22,23)/t16-/m1/s1. The summed E-state index contributed by atoms with van der Waals surface area (Å²) in [5, 5.41) is 11.8. The van der Waals surface area contributed by atoms with Gasteiger partial charge in [0, 0.05) is 12.1 Å². The van der Waals surface area contributed by atoms with Crippen LogP contribution in [0, 0.1) is 0 Å². The fraction of sp³-hybridized carbons (Fsp3) is 0.222. The fourth-order valence-electron chi connectivity index (χ4n) is 2.30. The van der Waals surface area contributed by atoms with Gasteiger partial charge in [-0.3, -0.25) is 9.59 Å². The molecule has 0 heterocycles. The number of carboxylic acids is 1. The smallest absolute Gasteiger partial charge is 0.320 e. The monoisotopic (exact) mass is 312 g/mol. The van der Waals surface area contributed by atoms with Crippen LogP contribution in [0.2, 0.25) is 0 Å². The van der Waals surface area contributed by atoms with Crippen molar-refractivity contribution in [3.05, 3.63) is 71.3 Å². The zero-order valence-electron chi connectivity index (χ0n) is 12.7. The largest absolute Gasteiger partial charge is 0.480 e. The number of hydrogen-bond donors (Lipinski definition) is 3.